The zero-order valence-corrected chi connectivity index (χ0v) is 12.4. The van der Waals surface area contributed by atoms with E-state index in [4.69, 9.17) is 22.1 Å². The van der Waals surface area contributed by atoms with Crippen LogP contribution in [0.25, 0.3) is 0 Å². The molecule has 1 saturated heterocycles. The van der Waals surface area contributed by atoms with Crippen LogP contribution in [0.5, 0.6) is 0 Å². The Kier molecular flexibility index (Phi) is 7.36. The van der Waals surface area contributed by atoms with Crippen molar-refractivity contribution in [1.82, 2.24) is 0 Å². The topological polar surface area (TPSA) is 47.9 Å². The molecule has 5 heteroatoms. The molecule has 110 valence electrons. The van der Waals surface area contributed by atoms with Crippen molar-refractivity contribution in [1.29, 1.82) is 0 Å². The van der Waals surface area contributed by atoms with Gasteiger partial charge in [-0.05, 0) is 19.8 Å². The third kappa shape index (κ3) is 4.74. The van der Waals surface area contributed by atoms with Crippen molar-refractivity contribution >= 4 is 7.85 Å². The minimum absolute atomic E-state index is 0.397. The largest absolute Gasteiger partial charge is 0.388 e. The van der Waals surface area contributed by atoms with Crippen molar-refractivity contribution < 1.29 is 19.3 Å². The van der Waals surface area contributed by atoms with Crippen molar-refractivity contribution in [2.24, 2.45) is 0 Å². The summed E-state index contributed by atoms with van der Waals surface area (Å²) >= 11 is 0. The predicted molar refractivity (Wildman–Crippen MR) is 75.4 cm³/mol. The summed E-state index contributed by atoms with van der Waals surface area (Å²) in [6, 6.07) is -0.702. The number of aliphatic hydroxyl groups excluding tert-OH is 1. The lowest BCUT2D eigenvalue weighted by molar-refractivity contribution is -0.126. The van der Waals surface area contributed by atoms with Crippen LogP contribution >= 0.6 is 0 Å². The van der Waals surface area contributed by atoms with Crippen molar-refractivity contribution in [3.05, 3.63) is 0 Å². The maximum absolute atomic E-state index is 10.1. The third-order valence-corrected chi connectivity index (χ3v) is 3.48. The number of unbranched alkanes of at least 4 members (excludes halogenated alkanes) is 2. The highest BCUT2D eigenvalue weighted by Crippen LogP contribution is 2.32. The fraction of sp³-hybridized carbons (Fsp3) is 1.00. The van der Waals surface area contributed by atoms with Gasteiger partial charge in [0, 0.05) is 19.2 Å². The first-order valence-corrected chi connectivity index (χ1v) is 7.36. The van der Waals surface area contributed by atoms with E-state index in [0.29, 0.717) is 19.8 Å². The Morgan fingerprint density at radius 1 is 1.21 bits per heavy atom. The molecule has 0 saturated carbocycles. The van der Waals surface area contributed by atoms with E-state index >= 15 is 0 Å². The molecular formula is C14H27BO4. The molecule has 1 heterocycles. The van der Waals surface area contributed by atoms with E-state index < -0.39 is 23.8 Å². The van der Waals surface area contributed by atoms with E-state index in [2.05, 4.69) is 13.8 Å². The third-order valence-electron chi connectivity index (χ3n) is 3.48. The molecule has 2 radical (unpaired) electrons. The standard InChI is InChI=1S/C14H27BO4/c1-4-6-8-17-10-14(3)12(18-9-7-5-2)11(16)13(15)19-14/h11-13,16H,4-10H2,1-3H3/t11-,12?,13+,14+/m0/s1. The summed E-state index contributed by atoms with van der Waals surface area (Å²) in [6.45, 7) is 7.82. The molecule has 0 aromatic heterocycles. The second-order valence-electron chi connectivity index (χ2n) is 5.44. The lowest BCUT2D eigenvalue weighted by atomic mass is 9.90. The van der Waals surface area contributed by atoms with Crippen LogP contribution in [-0.4, -0.2) is 56.6 Å². The van der Waals surface area contributed by atoms with Gasteiger partial charge < -0.3 is 19.3 Å². The lowest BCUT2D eigenvalue weighted by Gasteiger charge is -2.31. The minimum atomic E-state index is -0.795. The van der Waals surface area contributed by atoms with Crippen LogP contribution in [-0.2, 0) is 14.2 Å². The first-order chi connectivity index (χ1) is 9.05. The van der Waals surface area contributed by atoms with Crippen LogP contribution in [0.2, 0.25) is 0 Å². The predicted octanol–water partition coefficient (Wildman–Crippen LogP) is 1.63. The molecule has 1 rings (SSSR count). The summed E-state index contributed by atoms with van der Waals surface area (Å²) in [6.07, 6.45) is 2.92. The van der Waals surface area contributed by atoms with E-state index in [-0.39, 0.29) is 0 Å². The fourth-order valence-electron chi connectivity index (χ4n) is 2.25. The smallest absolute Gasteiger partial charge is 0.117 e. The van der Waals surface area contributed by atoms with Crippen molar-refractivity contribution in [2.45, 2.75) is 70.3 Å². The molecule has 1 fully saturated rings. The Morgan fingerprint density at radius 2 is 1.84 bits per heavy atom. The van der Waals surface area contributed by atoms with Gasteiger partial charge in [-0.25, -0.2) is 0 Å². The molecule has 0 bridgehead atoms. The van der Waals surface area contributed by atoms with Gasteiger partial charge in [0.15, 0.2) is 0 Å². The van der Waals surface area contributed by atoms with E-state index in [9.17, 15) is 5.11 Å². The van der Waals surface area contributed by atoms with Gasteiger partial charge in [-0.3, -0.25) is 0 Å². The van der Waals surface area contributed by atoms with Gasteiger partial charge in [0.2, 0.25) is 0 Å². The summed E-state index contributed by atoms with van der Waals surface area (Å²) in [7, 11) is 5.77. The zero-order chi connectivity index (χ0) is 14.3. The van der Waals surface area contributed by atoms with Crippen molar-refractivity contribution in [3.8, 4) is 0 Å². The zero-order valence-electron chi connectivity index (χ0n) is 12.4. The molecule has 1 aliphatic heterocycles. The highest BCUT2D eigenvalue weighted by molar-refractivity contribution is 6.11. The van der Waals surface area contributed by atoms with Crippen LogP contribution in [0.3, 0.4) is 0 Å². The molecule has 4 nitrogen and oxygen atoms in total. The normalized spacial score (nSPS) is 34.8. The molecule has 1 unspecified atom stereocenters. The maximum atomic E-state index is 10.1. The Morgan fingerprint density at radius 3 is 2.47 bits per heavy atom. The van der Waals surface area contributed by atoms with Crippen LogP contribution in [0, 0.1) is 0 Å². The number of ether oxygens (including phenoxy) is 3. The molecule has 0 spiro atoms. The number of hydrogen-bond acceptors (Lipinski definition) is 4. The average molecular weight is 270 g/mol. The van der Waals surface area contributed by atoms with E-state index in [0.717, 1.165) is 25.7 Å². The summed E-state index contributed by atoms with van der Waals surface area (Å²) in [5.41, 5.74) is -0.666. The van der Waals surface area contributed by atoms with Crippen LogP contribution in [0.1, 0.15) is 46.5 Å². The summed E-state index contributed by atoms with van der Waals surface area (Å²) in [4.78, 5) is 0. The lowest BCUT2D eigenvalue weighted by Crippen LogP contribution is -2.46. The van der Waals surface area contributed by atoms with Gasteiger partial charge >= 0.3 is 0 Å². The van der Waals surface area contributed by atoms with Crippen molar-refractivity contribution in [2.75, 3.05) is 19.8 Å². The number of aliphatic hydroxyl groups is 1. The first-order valence-electron chi connectivity index (χ1n) is 7.36. The van der Waals surface area contributed by atoms with Gasteiger partial charge in [0.1, 0.15) is 25.7 Å². The second-order valence-corrected chi connectivity index (χ2v) is 5.44. The fourth-order valence-corrected chi connectivity index (χ4v) is 2.25. The number of hydrogen-bond donors (Lipinski definition) is 1. The SMILES string of the molecule is [B][C@@H]1O[C@](C)(COCCCC)C(OCCCC)[C@@H]1O. The summed E-state index contributed by atoms with van der Waals surface area (Å²) < 4.78 is 17.0. The summed E-state index contributed by atoms with van der Waals surface area (Å²) in [5.74, 6) is 0. The second kappa shape index (κ2) is 8.25. The monoisotopic (exact) mass is 270 g/mol. The molecule has 0 aliphatic carbocycles. The molecule has 0 aromatic rings. The van der Waals surface area contributed by atoms with Crippen molar-refractivity contribution in [3.63, 3.8) is 0 Å². The molecule has 4 atom stereocenters. The first kappa shape index (κ1) is 17.0. The van der Waals surface area contributed by atoms with Gasteiger partial charge in [0.05, 0.1) is 6.61 Å². The summed E-state index contributed by atoms with van der Waals surface area (Å²) in [5, 5.41) is 10.1. The van der Waals surface area contributed by atoms with Crippen LogP contribution in [0.4, 0.5) is 0 Å². The highest BCUT2D eigenvalue weighted by atomic mass is 16.6. The van der Waals surface area contributed by atoms with Crippen LogP contribution in [0.15, 0.2) is 0 Å². The average Bonchev–Trinajstić information content (AvgIpc) is 2.59. The minimum Gasteiger partial charge on any atom is -0.388 e. The number of rotatable bonds is 9. The molecule has 19 heavy (non-hydrogen) atoms. The van der Waals surface area contributed by atoms with Gasteiger partial charge in [0.25, 0.3) is 0 Å². The molecule has 1 N–H and O–H groups in total. The molecule has 0 amide bonds. The van der Waals surface area contributed by atoms with Gasteiger partial charge in [-0.2, -0.15) is 0 Å². The molecular weight excluding hydrogens is 243 g/mol. The quantitative estimate of drug-likeness (QED) is 0.511. The Bertz CT molecular complexity index is 252. The Hall–Kier alpha value is -0.0951. The Labute approximate surface area is 118 Å². The highest BCUT2D eigenvalue weighted by Gasteiger charge is 2.50. The maximum Gasteiger partial charge on any atom is 0.117 e. The van der Waals surface area contributed by atoms with Gasteiger partial charge in [-0.15, -0.1) is 0 Å². The van der Waals surface area contributed by atoms with E-state index in [1.54, 1.807) is 0 Å². The van der Waals surface area contributed by atoms with E-state index in [1.165, 1.54) is 0 Å². The van der Waals surface area contributed by atoms with Crippen LogP contribution < -0.4 is 0 Å². The Balaban J connectivity index is 2.50. The molecule has 1 aliphatic rings. The van der Waals surface area contributed by atoms with Gasteiger partial charge in [-0.1, -0.05) is 26.7 Å². The van der Waals surface area contributed by atoms with E-state index in [1.807, 2.05) is 6.92 Å². The molecule has 0 aromatic carbocycles.